The molecule has 0 spiro atoms. The Bertz CT molecular complexity index is 1060. The van der Waals surface area contributed by atoms with E-state index < -0.39 is 11.4 Å². The number of aromatic carboxylic acids is 1. The second-order valence-corrected chi connectivity index (χ2v) is 9.09. The Kier molecular flexibility index (Phi) is 6.77. The molecular weight excluding hydrogens is 439 g/mol. The zero-order valence-electron chi connectivity index (χ0n) is 17.5. The van der Waals surface area contributed by atoms with Gasteiger partial charge in [0.1, 0.15) is 0 Å². The topological polar surface area (TPSA) is 103 Å². The summed E-state index contributed by atoms with van der Waals surface area (Å²) in [6, 6.07) is 8.58. The van der Waals surface area contributed by atoms with E-state index in [4.69, 9.17) is 23.2 Å². The van der Waals surface area contributed by atoms with Crippen molar-refractivity contribution in [2.24, 2.45) is 10.4 Å². The van der Waals surface area contributed by atoms with Crippen molar-refractivity contribution in [3.8, 4) is 0 Å². The first-order valence-electron chi connectivity index (χ1n) is 9.75. The molecule has 0 atom stereocenters. The number of rotatable bonds is 4. The molecule has 31 heavy (non-hydrogen) atoms. The molecule has 1 aliphatic heterocycles. The van der Waals surface area contributed by atoms with Crippen LogP contribution in [-0.2, 0) is 17.8 Å². The third-order valence-corrected chi connectivity index (χ3v) is 5.39. The van der Waals surface area contributed by atoms with E-state index in [2.05, 4.69) is 20.9 Å². The molecule has 4 N–H and O–H groups in total. The molecule has 1 aliphatic rings. The van der Waals surface area contributed by atoms with Gasteiger partial charge >= 0.3 is 5.97 Å². The number of carbonyl (C=O) groups is 2. The summed E-state index contributed by atoms with van der Waals surface area (Å²) in [7, 11) is 0. The molecule has 164 valence electrons. The zero-order chi connectivity index (χ0) is 22.8. The first-order valence-corrected chi connectivity index (χ1v) is 10.5. The van der Waals surface area contributed by atoms with E-state index >= 15 is 0 Å². The second-order valence-electron chi connectivity index (χ2n) is 8.27. The highest BCUT2D eigenvalue weighted by atomic mass is 35.5. The maximum absolute atomic E-state index is 12.1. The molecule has 0 bridgehead atoms. The first-order chi connectivity index (χ1) is 14.5. The van der Waals surface area contributed by atoms with E-state index in [1.54, 1.807) is 12.1 Å². The molecule has 0 aromatic heterocycles. The van der Waals surface area contributed by atoms with Crippen molar-refractivity contribution in [3.05, 3.63) is 57.1 Å². The number of guanidine groups is 1. The van der Waals surface area contributed by atoms with Crippen LogP contribution in [0.1, 0.15) is 42.3 Å². The zero-order valence-corrected chi connectivity index (χ0v) is 19.0. The molecule has 0 radical (unpaired) electrons. The molecule has 0 unspecified atom stereocenters. The summed E-state index contributed by atoms with van der Waals surface area (Å²) in [4.78, 5) is 28.0. The Morgan fingerprint density at radius 1 is 1.16 bits per heavy atom. The first kappa shape index (κ1) is 22.9. The Morgan fingerprint density at radius 3 is 2.58 bits per heavy atom. The number of halogens is 2. The fourth-order valence-corrected chi connectivity index (χ4v) is 3.41. The number of carbonyl (C=O) groups excluding carboxylic acids is 1. The van der Waals surface area contributed by atoms with Crippen LogP contribution in [0.4, 0.5) is 11.4 Å². The van der Waals surface area contributed by atoms with Crippen LogP contribution in [-0.4, -0.2) is 29.5 Å². The van der Waals surface area contributed by atoms with Gasteiger partial charge in [-0.15, -0.1) is 0 Å². The number of carboxylic acids is 1. The normalized spacial score (nSPS) is 13.4. The largest absolute Gasteiger partial charge is 0.478 e. The number of nitrogens with zero attached hydrogens (tertiary/aromatic N) is 1. The van der Waals surface area contributed by atoms with Crippen LogP contribution < -0.4 is 16.0 Å². The molecule has 2 aromatic rings. The number of benzene rings is 2. The summed E-state index contributed by atoms with van der Waals surface area (Å²) < 4.78 is 0. The summed E-state index contributed by atoms with van der Waals surface area (Å²) in [6.07, 6.45) is 0.611. The van der Waals surface area contributed by atoms with Gasteiger partial charge in [0.25, 0.3) is 0 Å². The van der Waals surface area contributed by atoms with Gasteiger partial charge in [-0.3, -0.25) is 9.79 Å². The van der Waals surface area contributed by atoms with Crippen molar-refractivity contribution in [1.82, 2.24) is 5.32 Å². The molecule has 0 fully saturated rings. The molecule has 0 saturated carbocycles. The van der Waals surface area contributed by atoms with Crippen molar-refractivity contribution in [2.75, 3.05) is 17.2 Å². The summed E-state index contributed by atoms with van der Waals surface area (Å²) >= 11 is 12.4. The number of hydrogen-bond acceptors (Lipinski definition) is 5. The van der Waals surface area contributed by atoms with Crippen LogP contribution in [0, 0.1) is 5.41 Å². The minimum Gasteiger partial charge on any atom is -0.478 e. The lowest BCUT2D eigenvalue weighted by Gasteiger charge is -2.18. The summed E-state index contributed by atoms with van der Waals surface area (Å²) in [5.41, 5.74) is 2.53. The minimum absolute atomic E-state index is 0.0174. The van der Waals surface area contributed by atoms with Crippen molar-refractivity contribution in [1.29, 1.82) is 0 Å². The Hall–Kier alpha value is -2.77. The maximum atomic E-state index is 12.1. The lowest BCUT2D eigenvalue weighted by atomic mass is 9.95. The molecule has 0 saturated heterocycles. The SMILES string of the molecule is CC(C)(C)C(=O)NCc1ccc(Cl)c(NC2=NCCc3cc(Cl)c(C(=O)O)cc3N2)c1. The van der Waals surface area contributed by atoms with Gasteiger partial charge < -0.3 is 21.1 Å². The molecule has 0 aliphatic carbocycles. The van der Waals surface area contributed by atoms with E-state index in [1.165, 1.54) is 6.07 Å². The van der Waals surface area contributed by atoms with Crippen LogP contribution in [0.15, 0.2) is 35.3 Å². The van der Waals surface area contributed by atoms with Crippen molar-refractivity contribution in [3.63, 3.8) is 0 Å². The number of aliphatic imine (C=N–C) groups is 1. The molecule has 7 nitrogen and oxygen atoms in total. The van der Waals surface area contributed by atoms with E-state index in [0.29, 0.717) is 41.9 Å². The van der Waals surface area contributed by atoms with Crippen LogP contribution >= 0.6 is 23.2 Å². The third-order valence-electron chi connectivity index (χ3n) is 4.75. The summed E-state index contributed by atoms with van der Waals surface area (Å²) in [5, 5.41) is 19.2. The van der Waals surface area contributed by atoms with E-state index in [-0.39, 0.29) is 16.5 Å². The second kappa shape index (κ2) is 9.16. The lowest BCUT2D eigenvalue weighted by Crippen LogP contribution is -2.34. The number of hydrogen-bond donors (Lipinski definition) is 4. The Morgan fingerprint density at radius 2 is 1.90 bits per heavy atom. The monoisotopic (exact) mass is 462 g/mol. The van der Waals surface area contributed by atoms with Gasteiger partial charge in [-0.1, -0.05) is 50.0 Å². The number of amides is 1. The predicted molar refractivity (Wildman–Crippen MR) is 124 cm³/mol. The van der Waals surface area contributed by atoms with Crippen LogP contribution in [0.2, 0.25) is 10.0 Å². The van der Waals surface area contributed by atoms with Gasteiger partial charge in [0.05, 0.1) is 21.3 Å². The van der Waals surface area contributed by atoms with E-state index in [9.17, 15) is 14.7 Å². The fraction of sp³-hybridized carbons (Fsp3) is 0.318. The quantitative estimate of drug-likeness (QED) is 0.522. The number of carboxylic acid groups (broad SMARTS) is 1. The molecule has 3 rings (SSSR count). The smallest absolute Gasteiger partial charge is 0.337 e. The Labute approximate surface area is 190 Å². The highest BCUT2D eigenvalue weighted by Gasteiger charge is 2.21. The van der Waals surface area contributed by atoms with Crippen LogP contribution in [0.3, 0.4) is 0 Å². The van der Waals surface area contributed by atoms with E-state index in [1.807, 2.05) is 32.9 Å². The van der Waals surface area contributed by atoms with Crippen molar-refractivity contribution in [2.45, 2.75) is 33.7 Å². The van der Waals surface area contributed by atoms with Gasteiger partial charge in [0.15, 0.2) is 5.96 Å². The Balaban J connectivity index is 1.78. The molecule has 9 heteroatoms. The average molecular weight is 463 g/mol. The van der Waals surface area contributed by atoms with Gasteiger partial charge in [-0.25, -0.2) is 4.79 Å². The highest BCUT2D eigenvalue weighted by Crippen LogP contribution is 2.29. The lowest BCUT2D eigenvalue weighted by molar-refractivity contribution is -0.128. The predicted octanol–water partition coefficient (Wildman–Crippen LogP) is 4.79. The van der Waals surface area contributed by atoms with Gasteiger partial charge in [-0.05, 0) is 41.8 Å². The number of fused-ring (bicyclic) bond motifs is 1. The minimum atomic E-state index is -1.10. The summed E-state index contributed by atoms with van der Waals surface area (Å²) in [6.45, 7) is 6.42. The molecule has 2 aromatic carbocycles. The van der Waals surface area contributed by atoms with Crippen molar-refractivity contribution >= 4 is 52.4 Å². The average Bonchev–Trinajstić information content (AvgIpc) is 2.88. The van der Waals surface area contributed by atoms with Gasteiger partial charge in [-0.2, -0.15) is 0 Å². The standard InChI is InChI=1S/C22H24Cl2N4O3/c1-22(2,3)20(31)26-11-12-4-5-15(23)18(8-12)28-21-25-7-6-13-9-16(24)14(19(29)30)10-17(13)27-21/h4-5,8-10H,6-7,11H2,1-3H3,(H,26,31)(H,29,30)(H2,25,27,28). The van der Waals surface area contributed by atoms with E-state index in [0.717, 1.165) is 11.1 Å². The van der Waals surface area contributed by atoms with Gasteiger partial charge in [0.2, 0.25) is 5.91 Å². The molecule has 1 heterocycles. The highest BCUT2D eigenvalue weighted by molar-refractivity contribution is 6.34. The number of anilines is 2. The van der Waals surface area contributed by atoms with Crippen molar-refractivity contribution < 1.29 is 14.7 Å². The van der Waals surface area contributed by atoms with Crippen LogP contribution in [0.25, 0.3) is 0 Å². The van der Waals surface area contributed by atoms with Gasteiger partial charge in [0, 0.05) is 24.2 Å². The fourth-order valence-electron chi connectivity index (χ4n) is 2.98. The van der Waals surface area contributed by atoms with Crippen LogP contribution in [0.5, 0.6) is 0 Å². The molecule has 1 amide bonds. The maximum Gasteiger partial charge on any atom is 0.337 e. The summed E-state index contributed by atoms with van der Waals surface area (Å²) in [5.74, 6) is -0.704. The molecular formula is C22H24Cl2N4O3. The number of nitrogens with one attached hydrogen (secondary N) is 3. The third kappa shape index (κ3) is 5.68.